The Morgan fingerprint density at radius 1 is 0.944 bits per heavy atom. The fourth-order valence-corrected chi connectivity index (χ4v) is 1.76. The van der Waals surface area contributed by atoms with Gasteiger partial charge in [-0.3, -0.25) is 0 Å². The largest absolute Gasteiger partial charge is 0.424 e. The van der Waals surface area contributed by atoms with Gasteiger partial charge in [0.2, 0.25) is 5.28 Å². The zero-order valence-corrected chi connectivity index (χ0v) is 10.0. The molecule has 2 aromatic carbocycles. The van der Waals surface area contributed by atoms with Crippen LogP contribution in [0.1, 0.15) is 0 Å². The van der Waals surface area contributed by atoms with Gasteiger partial charge in [-0.05, 0) is 34.5 Å². The first-order chi connectivity index (χ1) is 8.81. The molecule has 0 fully saturated rings. The summed E-state index contributed by atoms with van der Waals surface area (Å²) in [6.07, 6.45) is 1.31. The third-order valence-corrected chi connectivity index (χ3v) is 2.63. The van der Waals surface area contributed by atoms with E-state index in [0.29, 0.717) is 5.75 Å². The Labute approximate surface area is 108 Å². The number of hydrogen-bond acceptors (Lipinski definition) is 4. The van der Waals surface area contributed by atoms with Crippen molar-refractivity contribution in [2.24, 2.45) is 0 Å². The van der Waals surface area contributed by atoms with Gasteiger partial charge in [0.15, 0.2) is 0 Å². The van der Waals surface area contributed by atoms with Crippen LogP contribution >= 0.6 is 11.6 Å². The van der Waals surface area contributed by atoms with Crippen molar-refractivity contribution < 1.29 is 4.74 Å². The summed E-state index contributed by atoms with van der Waals surface area (Å²) >= 11 is 5.66. The highest BCUT2D eigenvalue weighted by molar-refractivity contribution is 6.28. The average Bonchev–Trinajstić information content (AvgIpc) is 2.39. The number of aromatic nitrogens is 3. The van der Waals surface area contributed by atoms with E-state index in [2.05, 4.69) is 15.0 Å². The number of ether oxygens (including phenoxy) is 1. The summed E-state index contributed by atoms with van der Waals surface area (Å²) < 4.78 is 5.52. The van der Waals surface area contributed by atoms with Gasteiger partial charge in [-0.15, -0.1) is 0 Å². The molecule has 0 spiro atoms. The monoisotopic (exact) mass is 257 g/mol. The van der Waals surface area contributed by atoms with Gasteiger partial charge in [-0.2, -0.15) is 9.97 Å². The molecule has 0 saturated heterocycles. The minimum Gasteiger partial charge on any atom is -0.424 e. The molecule has 0 aliphatic rings. The molecular formula is C13H8ClN3O. The zero-order valence-electron chi connectivity index (χ0n) is 9.25. The number of hydrogen-bond donors (Lipinski definition) is 0. The standard InChI is InChI=1S/C13H8ClN3O/c14-12-15-8-16-13(17-12)18-11-6-5-9-3-1-2-4-10(9)7-11/h1-8H. The maximum Gasteiger partial charge on any atom is 0.326 e. The Bertz CT molecular complexity index is 702. The van der Waals surface area contributed by atoms with Crippen LogP contribution in [-0.2, 0) is 0 Å². The predicted molar refractivity (Wildman–Crippen MR) is 68.9 cm³/mol. The van der Waals surface area contributed by atoms with Gasteiger partial charge in [0.1, 0.15) is 12.1 Å². The Hall–Kier alpha value is -2.20. The van der Waals surface area contributed by atoms with Crippen LogP contribution in [-0.4, -0.2) is 15.0 Å². The SMILES string of the molecule is Clc1ncnc(Oc2ccc3ccccc3c2)n1. The molecule has 0 atom stereocenters. The summed E-state index contributed by atoms with van der Waals surface area (Å²) in [6, 6.07) is 14.0. The molecule has 0 bridgehead atoms. The average molecular weight is 258 g/mol. The van der Waals surface area contributed by atoms with Crippen molar-refractivity contribution in [3.8, 4) is 11.8 Å². The van der Waals surface area contributed by atoms with Crippen molar-refractivity contribution in [2.45, 2.75) is 0 Å². The van der Waals surface area contributed by atoms with Crippen molar-refractivity contribution in [3.63, 3.8) is 0 Å². The fraction of sp³-hybridized carbons (Fsp3) is 0. The Kier molecular flexibility index (Phi) is 2.78. The van der Waals surface area contributed by atoms with Gasteiger partial charge in [-0.1, -0.05) is 30.3 Å². The normalized spacial score (nSPS) is 10.5. The van der Waals surface area contributed by atoms with E-state index in [4.69, 9.17) is 16.3 Å². The second-order valence-electron chi connectivity index (χ2n) is 3.65. The Morgan fingerprint density at radius 2 is 1.78 bits per heavy atom. The lowest BCUT2D eigenvalue weighted by Crippen LogP contribution is -1.93. The van der Waals surface area contributed by atoms with Gasteiger partial charge in [0.05, 0.1) is 0 Å². The van der Waals surface area contributed by atoms with Crippen molar-refractivity contribution in [1.82, 2.24) is 15.0 Å². The van der Waals surface area contributed by atoms with E-state index in [-0.39, 0.29) is 11.3 Å². The molecule has 0 aliphatic carbocycles. The minimum absolute atomic E-state index is 0.112. The first kappa shape index (κ1) is 10.9. The molecule has 1 aromatic heterocycles. The molecule has 0 saturated carbocycles. The molecule has 3 aromatic rings. The molecule has 0 radical (unpaired) electrons. The third-order valence-electron chi connectivity index (χ3n) is 2.45. The first-order valence-electron chi connectivity index (χ1n) is 5.32. The summed E-state index contributed by atoms with van der Waals surface area (Å²) in [7, 11) is 0. The maximum atomic E-state index is 5.66. The van der Waals surface area contributed by atoms with Crippen molar-refractivity contribution in [1.29, 1.82) is 0 Å². The smallest absolute Gasteiger partial charge is 0.326 e. The van der Waals surface area contributed by atoms with Gasteiger partial charge in [0.25, 0.3) is 0 Å². The minimum atomic E-state index is 0.112. The fourth-order valence-electron chi connectivity index (χ4n) is 1.65. The summed E-state index contributed by atoms with van der Waals surface area (Å²) in [5, 5.41) is 2.36. The van der Waals surface area contributed by atoms with Crippen LogP contribution in [0.3, 0.4) is 0 Å². The topological polar surface area (TPSA) is 47.9 Å². The quantitative estimate of drug-likeness (QED) is 0.705. The molecule has 18 heavy (non-hydrogen) atoms. The number of benzene rings is 2. The van der Waals surface area contributed by atoms with E-state index >= 15 is 0 Å². The summed E-state index contributed by atoms with van der Waals surface area (Å²) in [5.74, 6) is 0.663. The van der Waals surface area contributed by atoms with E-state index in [1.165, 1.54) is 6.33 Å². The Morgan fingerprint density at radius 3 is 2.61 bits per heavy atom. The van der Waals surface area contributed by atoms with E-state index in [0.717, 1.165) is 10.8 Å². The van der Waals surface area contributed by atoms with Crippen molar-refractivity contribution in [3.05, 3.63) is 54.1 Å². The Balaban J connectivity index is 1.95. The van der Waals surface area contributed by atoms with Crippen LogP contribution in [0.4, 0.5) is 0 Å². The highest BCUT2D eigenvalue weighted by Crippen LogP contribution is 2.23. The molecule has 0 amide bonds. The van der Waals surface area contributed by atoms with Crippen molar-refractivity contribution >= 4 is 22.4 Å². The van der Waals surface area contributed by atoms with E-state index < -0.39 is 0 Å². The van der Waals surface area contributed by atoms with Gasteiger partial charge in [0, 0.05) is 0 Å². The summed E-state index contributed by atoms with van der Waals surface area (Å²) in [6.45, 7) is 0. The van der Waals surface area contributed by atoms with Crippen molar-refractivity contribution in [2.75, 3.05) is 0 Å². The highest BCUT2D eigenvalue weighted by atomic mass is 35.5. The molecule has 4 nitrogen and oxygen atoms in total. The maximum absolute atomic E-state index is 5.66. The highest BCUT2D eigenvalue weighted by Gasteiger charge is 2.02. The second-order valence-corrected chi connectivity index (χ2v) is 3.99. The number of rotatable bonds is 2. The number of halogens is 1. The summed E-state index contributed by atoms with van der Waals surface area (Å²) in [5.41, 5.74) is 0. The van der Waals surface area contributed by atoms with Crippen LogP contribution in [0, 0.1) is 0 Å². The van der Waals surface area contributed by atoms with E-state index in [1.54, 1.807) is 0 Å². The number of fused-ring (bicyclic) bond motifs is 1. The lowest BCUT2D eigenvalue weighted by Gasteiger charge is -2.04. The first-order valence-corrected chi connectivity index (χ1v) is 5.70. The van der Waals surface area contributed by atoms with Crippen LogP contribution in [0.15, 0.2) is 48.8 Å². The molecule has 5 heteroatoms. The molecule has 88 valence electrons. The lowest BCUT2D eigenvalue weighted by molar-refractivity contribution is 0.440. The second kappa shape index (κ2) is 4.58. The van der Waals surface area contributed by atoms with E-state index in [1.807, 2.05) is 42.5 Å². The van der Waals surface area contributed by atoms with Crippen LogP contribution < -0.4 is 4.74 Å². The van der Waals surface area contributed by atoms with E-state index in [9.17, 15) is 0 Å². The summed E-state index contributed by atoms with van der Waals surface area (Å²) in [4.78, 5) is 11.5. The lowest BCUT2D eigenvalue weighted by atomic mass is 10.1. The molecule has 0 N–H and O–H groups in total. The predicted octanol–water partition coefficient (Wildman–Crippen LogP) is 3.47. The molecule has 1 heterocycles. The number of nitrogens with zero attached hydrogens (tertiary/aromatic N) is 3. The molecule has 0 unspecified atom stereocenters. The third kappa shape index (κ3) is 2.24. The zero-order chi connectivity index (χ0) is 12.4. The van der Waals surface area contributed by atoms with Crippen LogP contribution in [0.25, 0.3) is 10.8 Å². The van der Waals surface area contributed by atoms with Crippen LogP contribution in [0.2, 0.25) is 5.28 Å². The molecule has 3 rings (SSSR count). The van der Waals surface area contributed by atoms with Gasteiger partial charge >= 0.3 is 6.01 Å². The van der Waals surface area contributed by atoms with Crippen LogP contribution in [0.5, 0.6) is 11.8 Å². The molecule has 0 aliphatic heterocycles. The molecular weight excluding hydrogens is 250 g/mol. The van der Waals surface area contributed by atoms with Gasteiger partial charge < -0.3 is 4.74 Å². The van der Waals surface area contributed by atoms with Gasteiger partial charge in [-0.25, -0.2) is 4.98 Å².